The number of ether oxygens (including phenoxy) is 1. The monoisotopic (exact) mass is 272 g/mol. The number of rotatable bonds is 8. The van der Waals surface area contributed by atoms with Crippen LogP contribution in [-0.4, -0.2) is 36.4 Å². The first-order chi connectivity index (χ1) is 8.67. The Morgan fingerprint density at radius 3 is 2.50 bits per heavy atom. The molecule has 0 radical (unpaired) electrons. The molecule has 0 aliphatic heterocycles. The molecule has 0 saturated carbocycles. The average molecular weight is 272 g/mol. The van der Waals surface area contributed by atoms with E-state index in [1.807, 2.05) is 6.92 Å². The second kappa shape index (κ2) is 7.71. The summed E-state index contributed by atoms with van der Waals surface area (Å²) >= 11 is 1.59. The molecule has 1 rings (SSSR count). The van der Waals surface area contributed by atoms with Gasteiger partial charge in [-0.1, -0.05) is 25.2 Å². The number of aromatic nitrogens is 1. The van der Waals surface area contributed by atoms with Crippen LogP contribution in [0.25, 0.3) is 0 Å². The Labute approximate surface area is 114 Å². The summed E-state index contributed by atoms with van der Waals surface area (Å²) in [6.45, 7) is 7.96. The highest BCUT2D eigenvalue weighted by molar-refractivity contribution is 7.15. The molecule has 1 N–H and O–H groups in total. The van der Waals surface area contributed by atoms with E-state index in [2.05, 4.69) is 23.7 Å². The predicted molar refractivity (Wildman–Crippen MR) is 76.4 cm³/mol. The molecule has 5 heteroatoms. The molecule has 4 nitrogen and oxygen atoms in total. The fraction of sp³-hybridized carbons (Fsp3) is 0.769. The van der Waals surface area contributed by atoms with E-state index in [0.29, 0.717) is 12.6 Å². The van der Waals surface area contributed by atoms with Crippen molar-refractivity contribution < 1.29 is 9.84 Å². The van der Waals surface area contributed by atoms with Gasteiger partial charge >= 0.3 is 0 Å². The minimum absolute atomic E-state index is 0.0739. The maximum Gasteiger partial charge on any atom is 0.186 e. The van der Waals surface area contributed by atoms with Crippen molar-refractivity contribution >= 4 is 16.5 Å². The zero-order valence-corrected chi connectivity index (χ0v) is 12.6. The first-order valence-electron chi connectivity index (χ1n) is 6.50. The van der Waals surface area contributed by atoms with Gasteiger partial charge in [0.15, 0.2) is 5.13 Å². The Balaban J connectivity index is 2.92. The number of nitrogens with zero attached hydrogens (tertiary/aromatic N) is 2. The molecule has 0 aromatic carbocycles. The third-order valence-corrected chi connectivity index (χ3v) is 4.37. The van der Waals surface area contributed by atoms with Crippen LogP contribution in [0, 0.1) is 6.92 Å². The van der Waals surface area contributed by atoms with Gasteiger partial charge in [-0.15, -0.1) is 0 Å². The van der Waals surface area contributed by atoms with Crippen molar-refractivity contribution in [3.05, 3.63) is 10.6 Å². The van der Waals surface area contributed by atoms with Gasteiger partial charge < -0.3 is 14.7 Å². The van der Waals surface area contributed by atoms with Gasteiger partial charge in [-0.05, 0) is 19.8 Å². The van der Waals surface area contributed by atoms with Crippen LogP contribution in [0.5, 0.6) is 0 Å². The van der Waals surface area contributed by atoms with Crippen molar-refractivity contribution in [1.29, 1.82) is 0 Å². The normalized spacial score (nSPS) is 11.2. The van der Waals surface area contributed by atoms with E-state index in [0.717, 1.165) is 35.1 Å². The molecule has 1 aromatic heterocycles. The van der Waals surface area contributed by atoms with Crippen molar-refractivity contribution in [2.45, 2.75) is 46.3 Å². The number of aliphatic hydroxyl groups is 1. The van der Waals surface area contributed by atoms with Crippen molar-refractivity contribution in [3.8, 4) is 0 Å². The molecule has 0 aliphatic carbocycles. The second-order valence-electron chi connectivity index (χ2n) is 4.32. The number of hydrogen-bond donors (Lipinski definition) is 1. The average Bonchev–Trinajstić information content (AvgIpc) is 2.75. The molecule has 0 amide bonds. The topological polar surface area (TPSA) is 45.6 Å². The van der Waals surface area contributed by atoms with Gasteiger partial charge in [0.2, 0.25) is 0 Å². The first kappa shape index (κ1) is 15.4. The van der Waals surface area contributed by atoms with E-state index < -0.39 is 0 Å². The molecule has 0 spiro atoms. The van der Waals surface area contributed by atoms with Gasteiger partial charge in [-0.25, -0.2) is 4.98 Å². The molecule has 0 atom stereocenters. The zero-order valence-electron chi connectivity index (χ0n) is 11.8. The van der Waals surface area contributed by atoms with Crippen molar-refractivity contribution in [2.24, 2.45) is 0 Å². The number of aryl methyl sites for hydroxylation is 1. The van der Waals surface area contributed by atoms with Crippen LogP contribution >= 0.6 is 11.3 Å². The highest BCUT2D eigenvalue weighted by Gasteiger charge is 2.19. The minimum atomic E-state index is 0.0739. The van der Waals surface area contributed by atoms with E-state index in [4.69, 9.17) is 4.74 Å². The molecular weight excluding hydrogens is 248 g/mol. The van der Waals surface area contributed by atoms with E-state index in [-0.39, 0.29) is 6.61 Å². The summed E-state index contributed by atoms with van der Waals surface area (Å²) in [5.41, 5.74) is 0.936. The Kier molecular flexibility index (Phi) is 6.60. The molecule has 0 bridgehead atoms. The SMILES string of the molecule is CCC(CC)N(CCOC)c1nc(C)c(CO)s1. The van der Waals surface area contributed by atoms with Crippen LogP contribution in [0.1, 0.15) is 37.3 Å². The number of thiazole rings is 1. The Morgan fingerprint density at radius 1 is 1.39 bits per heavy atom. The van der Waals surface area contributed by atoms with Gasteiger partial charge in [-0.3, -0.25) is 0 Å². The second-order valence-corrected chi connectivity index (χ2v) is 5.38. The van der Waals surface area contributed by atoms with Crippen LogP contribution in [0.15, 0.2) is 0 Å². The first-order valence-corrected chi connectivity index (χ1v) is 7.32. The quantitative estimate of drug-likeness (QED) is 0.790. The molecule has 1 heterocycles. The smallest absolute Gasteiger partial charge is 0.186 e. The van der Waals surface area contributed by atoms with E-state index >= 15 is 0 Å². The van der Waals surface area contributed by atoms with Crippen LogP contribution in [0.3, 0.4) is 0 Å². The highest BCUT2D eigenvalue weighted by Crippen LogP contribution is 2.28. The fourth-order valence-electron chi connectivity index (χ4n) is 2.04. The molecule has 1 aromatic rings. The van der Waals surface area contributed by atoms with Crippen molar-refractivity contribution in [3.63, 3.8) is 0 Å². The Hall–Kier alpha value is -0.650. The lowest BCUT2D eigenvalue weighted by Gasteiger charge is -2.29. The number of aliphatic hydroxyl groups excluding tert-OH is 1. The summed E-state index contributed by atoms with van der Waals surface area (Å²) in [5, 5.41) is 10.3. The van der Waals surface area contributed by atoms with Crippen molar-refractivity contribution in [1.82, 2.24) is 4.98 Å². The fourth-order valence-corrected chi connectivity index (χ4v) is 3.05. The molecule has 0 unspecified atom stereocenters. The number of methoxy groups -OCH3 is 1. The molecule has 18 heavy (non-hydrogen) atoms. The molecule has 0 aliphatic rings. The number of hydrogen-bond acceptors (Lipinski definition) is 5. The van der Waals surface area contributed by atoms with Crippen molar-refractivity contribution in [2.75, 3.05) is 25.2 Å². The predicted octanol–water partition coefficient (Wildman–Crippen LogP) is 2.59. The lowest BCUT2D eigenvalue weighted by molar-refractivity contribution is 0.202. The van der Waals surface area contributed by atoms with Gasteiger partial charge in [0.1, 0.15) is 0 Å². The van der Waals surface area contributed by atoms with Gasteiger partial charge in [0, 0.05) is 19.7 Å². The lowest BCUT2D eigenvalue weighted by Crippen LogP contribution is -2.37. The van der Waals surface area contributed by atoms with Gasteiger partial charge in [-0.2, -0.15) is 0 Å². The maximum absolute atomic E-state index is 9.27. The number of anilines is 1. The highest BCUT2D eigenvalue weighted by atomic mass is 32.1. The van der Waals surface area contributed by atoms with Gasteiger partial charge in [0.25, 0.3) is 0 Å². The lowest BCUT2D eigenvalue weighted by atomic mass is 10.1. The van der Waals surface area contributed by atoms with Crippen LogP contribution in [0.4, 0.5) is 5.13 Å². The van der Waals surface area contributed by atoms with Crippen LogP contribution in [-0.2, 0) is 11.3 Å². The Bertz CT molecular complexity index is 351. The largest absolute Gasteiger partial charge is 0.391 e. The molecule has 104 valence electrons. The third-order valence-electron chi connectivity index (χ3n) is 3.19. The van der Waals surface area contributed by atoms with Crippen LogP contribution in [0.2, 0.25) is 0 Å². The molecule has 0 saturated heterocycles. The standard InChI is InChI=1S/C13H24N2O2S/c1-5-11(6-2)15(7-8-17-4)13-14-10(3)12(9-16)18-13/h11,16H,5-9H2,1-4H3. The molecular formula is C13H24N2O2S. The summed E-state index contributed by atoms with van der Waals surface area (Å²) in [6, 6.07) is 0.484. The van der Waals surface area contributed by atoms with E-state index in [9.17, 15) is 5.11 Å². The van der Waals surface area contributed by atoms with E-state index in [1.165, 1.54) is 0 Å². The zero-order chi connectivity index (χ0) is 13.5. The summed E-state index contributed by atoms with van der Waals surface area (Å²) < 4.78 is 5.18. The summed E-state index contributed by atoms with van der Waals surface area (Å²) in [7, 11) is 1.72. The molecule has 0 fully saturated rings. The van der Waals surface area contributed by atoms with Gasteiger partial charge in [0.05, 0.1) is 23.8 Å². The third kappa shape index (κ3) is 3.67. The van der Waals surface area contributed by atoms with E-state index in [1.54, 1.807) is 18.4 Å². The summed E-state index contributed by atoms with van der Waals surface area (Å²) in [4.78, 5) is 7.84. The Morgan fingerprint density at radius 2 is 2.06 bits per heavy atom. The minimum Gasteiger partial charge on any atom is -0.391 e. The maximum atomic E-state index is 9.27. The summed E-state index contributed by atoms with van der Waals surface area (Å²) in [6.07, 6.45) is 2.18. The van der Waals surface area contributed by atoms with Crippen LogP contribution < -0.4 is 4.90 Å². The summed E-state index contributed by atoms with van der Waals surface area (Å²) in [5.74, 6) is 0.